The minimum Gasteiger partial charge on any atom is -0.497 e. The molecule has 2 aromatic carbocycles. The van der Waals surface area contributed by atoms with Crippen LogP contribution in [0, 0.1) is 0 Å². The van der Waals surface area contributed by atoms with E-state index < -0.39 is 0 Å². The number of nitrogens with one attached hydrogen (secondary N) is 3. The molecular formula is C26H27N5O4S. The van der Waals surface area contributed by atoms with Gasteiger partial charge in [-0.05, 0) is 48.0 Å². The molecular weight excluding hydrogens is 478 g/mol. The molecule has 9 nitrogen and oxygen atoms in total. The number of anilines is 2. The largest absolute Gasteiger partial charge is 0.497 e. The molecule has 2 aromatic heterocycles. The predicted molar refractivity (Wildman–Crippen MR) is 140 cm³/mol. The molecule has 4 aromatic rings. The van der Waals surface area contributed by atoms with Gasteiger partial charge in [-0.1, -0.05) is 12.1 Å². The Morgan fingerprint density at radius 1 is 1.14 bits per heavy atom. The van der Waals surface area contributed by atoms with Crippen molar-refractivity contribution in [1.29, 1.82) is 0 Å². The number of benzene rings is 2. The van der Waals surface area contributed by atoms with Crippen LogP contribution in [0.4, 0.5) is 11.5 Å². The number of H-pyrrole nitrogens is 1. The Morgan fingerprint density at radius 2 is 1.94 bits per heavy atom. The number of rotatable bonds is 8. The number of thiophene rings is 1. The fourth-order valence-corrected chi connectivity index (χ4v) is 5.07. The van der Waals surface area contributed by atoms with Gasteiger partial charge in [-0.15, -0.1) is 11.3 Å². The van der Waals surface area contributed by atoms with Gasteiger partial charge in [0.05, 0.1) is 32.1 Å². The second-order valence-corrected chi connectivity index (χ2v) is 9.55. The SMILES string of the molecule is COc1cccc(CNC(=O)Cc2cc3c(NC(=O)c4ccc(N5CCOCC5)cc4)[nH]nc3s2)c1. The summed E-state index contributed by atoms with van der Waals surface area (Å²) < 4.78 is 10.6. The summed E-state index contributed by atoms with van der Waals surface area (Å²) in [6.07, 6.45) is 0.237. The van der Waals surface area contributed by atoms with E-state index in [9.17, 15) is 9.59 Å². The van der Waals surface area contributed by atoms with Gasteiger partial charge in [-0.3, -0.25) is 14.7 Å². The van der Waals surface area contributed by atoms with Crippen molar-refractivity contribution in [1.82, 2.24) is 15.5 Å². The number of methoxy groups -OCH3 is 1. The molecule has 3 N–H and O–H groups in total. The Morgan fingerprint density at radius 3 is 2.72 bits per heavy atom. The van der Waals surface area contributed by atoms with Crippen molar-refractivity contribution in [3.8, 4) is 5.75 Å². The molecule has 0 unspecified atom stereocenters. The molecule has 186 valence electrons. The van der Waals surface area contributed by atoms with E-state index in [1.165, 1.54) is 11.3 Å². The minimum atomic E-state index is -0.224. The quantitative estimate of drug-likeness (QED) is 0.338. The highest BCUT2D eigenvalue weighted by molar-refractivity contribution is 7.18. The van der Waals surface area contributed by atoms with E-state index in [-0.39, 0.29) is 18.2 Å². The first kappa shape index (κ1) is 23.8. The molecule has 1 saturated heterocycles. The van der Waals surface area contributed by atoms with Crippen LogP contribution in [0.2, 0.25) is 0 Å². The molecule has 1 aliphatic rings. The molecule has 1 fully saturated rings. The van der Waals surface area contributed by atoms with Crippen LogP contribution in [0.25, 0.3) is 10.2 Å². The Labute approximate surface area is 212 Å². The summed E-state index contributed by atoms with van der Waals surface area (Å²) in [5.74, 6) is 0.963. The van der Waals surface area contributed by atoms with Gasteiger partial charge < -0.3 is 25.0 Å². The molecule has 10 heteroatoms. The standard InChI is InChI=1S/C26H27N5O4S/c1-34-20-4-2-3-17(13-20)16-27-23(32)15-21-14-22-24(29-30-26(22)36-21)28-25(33)18-5-7-19(8-6-18)31-9-11-35-12-10-31/h2-8,13-14H,9-12,15-16H2,1H3,(H,27,32)(H2,28,29,30,33). The minimum absolute atomic E-state index is 0.0864. The monoisotopic (exact) mass is 505 g/mol. The molecule has 36 heavy (non-hydrogen) atoms. The molecule has 0 saturated carbocycles. The van der Waals surface area contributed by atoms with Crippen LogP contribution < -0.4 is 20.3 Å². The van der Waals surface area contributed by atoms with E-state index in [1.54, 1.807) is 7.11 Å². The molecule has 0 spiro atoms. The van der Waals surface area contributed by atoms with Gasteiger partial charge in [-0.25, -0.2) is 0 Å². The van der Waals surface area contributed by atoms with Gasteiger partial charge in [0, 0.05) is 35.8 Å². The maximum absolute atomic E-state index is 12.8. The summed E-state index contributed by atoms with van der Waals surface area (Å²) in [6.45, 7) is 3.54. The van der Waals surface area contributed by atoms with E-state index in [4.69, 9.17) is 9.47 Å². The molecule has 0 bridgehead atoms. The Hall–Kier alpha value is -3.89. The molecule has 0 radical (unpaired) electrons. The lowest BCUT2D eigenvalue weighted by molar-refractivity contribution is -0.120. The summed E-state index contributed by atoms with van der Waals surface area (Å²) in [5, 5.41) is 13.8. The fraction of sp³-hybridized carbons (Fsp3) is 0.269. The lowest BCUT2D eigenvalue weighted by Gasteiger charge is -2.28. The molecule has 2 amide bonds. The molecule has 0 aliphatic carbocycles. The van der Waals surface area contributed by atoms with Crippen molar-refractivity contribution in [3.05, 3.63) is 70.6 Å². The normalized spacial score (nSPS) is 13.5. The predicted octanol–water partition coefficient (Wildman–Crippen LogP) is 3.58. The zero-order chi connectivity index (χ0) is 24.9. The third-order valence-electron chi connectivity index (χ3n) is 6.00. The zero-order valence-electron chi connectivity index (χ0n) is 19.9. The van der Waals surface area contributed by atoms with Crippen molar-refractivity contribution in [2.75, 3.05) is 43.6 Å². The average molecular weight is 506 g/mol. The van der Waals surface area contributed by atoms with Crippen LogP contribution >= 0.6 is 11.3 Å². The Kier molecular flexibility index (Phi) is 7.15. The summed E-state index contributed by atoms with van der Waals surface area (Å²) >= 11 is 1.42. The van der Waals surface area contributed by atoms with Gasteiger partial charge >= 0.3 is 0 Å². The second kappa shape index (κ2) is 10.8. The van der Waals surface area contributed by atoms with E-state index in [1.807, 2.05) is 54.6 Å². The van der Waals surface area contributed by atoms with Gasteiger partial charge in [-0.2, -0.15) is 5.10 Å². The summed E-state index contributed by atoms with van der Waals surface area (Å²) in [7, 11) is 1.61. The second-order valence-electron chi connectivity index (χ2n) is 8.44. The lowest BCUT2D eigenvalue weighted by atomic mass is 10.1. The molecule has 1 aliphatic heterocycles. The highest BCUT2D eigenvalue weighted by Crippen LogP contribution is 2.30. The van der Waals surface area contributed by atoms with Gasteiger partial charge in [0.15, 0.2) is 0 Å². The fourth-order valence-electron chi connectivity index (χ4n) is 4.08. The maximum Gasteiger partial charge on any atom is 0.256 e. The van der Waals surface area contributed by atoms with Crippen LogP contribution in [0.3, 0.4) is 0 Å². The number of nitrogens with zero attached hydrogens (tertiary/aromatic N) is 2. The number of hydrogen-bond donors (Lipinski definition) is 3. The van der Waals surface area contributed by atoms with Crippen LogP contribution in [-0.2, 0) is 22.5 Å². The van der Waals surface area contributed by atoms with Crippen LogP contribution in [-0.4, -0.2) is 55.4 Å². The Bertz CT molecular complexity index is 1360. The lowest BCUT2D eigenvalue weighted by Crippen LogP contribution is -2.36. The van der Waals surface area contributed by atoms with Gasteiger partial charge in [0.1, 0.15) is 16.4 Å². The number of morpholine rings is 1. The van der Waals surface area contributed by atoms with Crippen LogP contribution in [0.1, 0.15) is 20.8 Å². The van der Waals surface area contributed by atoms with Crippen molar-refractivity contribution in [2.24, 2.45) is 0 Å². The van der Waals surface area contributed by atoms with Crippen LogP contribution in [0.5, 0.6) is 5.75 Å². The zero-order valence-corrected chi connectivity index (χ0v) is 20.7. The number of hydrogen-bond acceptors (Lipinski definition) is 7. The summed E-state index contributed by atoms with van der Waals surface area (Å²) in [4.78, 5) is 29.2. The Balaban J connectivity index is 1.19. The first-order valence-electron chi connectivity index (χ1n) is 11.7. The van der Waals surface area contributed by atoms with Crippen LogP contribution in [0.15, 0.2) is 54.6 Å². The maximum atomic E-state index is 12.8. The third kappa shape index (κ3) is 5.50. The smallest absolute Gasteiger partial charge is 0.256 e. The number of ether oxygens (including phenoxy) is 2. The number of carbonyl (C=O) groups excluding carboxylic acids is 2. The van der Waals surface area contributed by atoms with Gasteiger partial charge in [0.25, 0.3) is 5.91 Å². The van der Waals surface area contributed by atoms with Crippen molar-refractivity contribution in [2.45, 2.75) is 13.0 Å². The summed E-state index contributed by atoms with van der Waals surface area (Å²) in [5.41, 5.74) is 2.60. The first-order chi connectivity index (χ1) is 17.6. The number of aromatic nitrogens is 2. The number of carbonyl (C=O) groups is 2. The number of fused-ring (bicyclic) bond motifs is 1. The van der Waals surface area contributed by atoms with E-state index in [0.29, 0.717) is 31.1 Å². The third-order valence-corrected chi connectivity index (χ3v) is 7.03. The number of amides is 2. The number of aromatic amines is 1. The van der Waals surface area contributed by atoms with E-state index in [2.05, 4.69) is 25.7 Å². The van der Waals surface area contributed by atoms with E-state index >= 15 is 0 Å². The van der Waals surface area contributed by atoms with E-state index in [0.717, 1.165) is 45.2 Å². The highest BCUT2D eigenvalue weighted by Gasteiger charge is 2.16. The summed E-state index contributed by atoms with van der Waals surface area (Å²) in [6, 6.07) is 17.0. The van der Waals surface area contributed by atoms with Gasteiger partial charge in [0.2, 0.25) is 5.91 Å². The first-order valence-corrected chi connectivity index (χ1v) is 12.5. The van der Waals surface area contributed by atoms with Crippen molar-refractivity contribution < 1.29 is 19.1 Å². The van der Waals surface area contributed by atoms with Crippen molar-refractivity contribution in [3.63, 3.8) is 0 Å². The van der Waals surface area contributed by atoms with Crippen molar-refractivity contribution >= 4 is 44.9 Å². The highest BCUT2D eigenvalue weighted by atomic mass is 32.1. The average Bonchev–Trinajstić information content (AvgIpc) is 3.49. The topological polar surface area (TPSA) is 109 Å². The molecule has 3 heterocycles. The molecule has 5 rings (SSSR count). The molecule has 0 atom stereocenters.